The molecule has 122 valence electrons. The number of nitrogens with zero attached hydrogens (tertiary/aromatic N) is 1. The van der Waals surface area contributed by atoms with E-state index >= 15 is 0 Å². The number of aliphatic imine (C=N–C) groups is 1. The second kappa shape index (κ2) is 6.33. The molecule has 7 heteroatoms. The molecule has 2 heterocycles. The van der Waals surface area contributed by atoms with E-state index in [1.165, 1.54) is 19.3 Å². The van der Waals surface area contributed by atoms with E-state index in [0.29, 0.717) is 22.1 Å². The third-order valence-electron chi connectivity index (χ3n) is 3.33. The predicted octanol–water partition coefficient (Wildman–Crippen LogP) is 3.37. The Labute approximate surface area is 142 Å². The Bertz CT molecular complexity index is 877. The van der Waals surface area contributed by atoms with E-state index in [-0.39, 0.29) is 17.2 Å². The molecule has 0 unspecified atom stereocenters. The molecule has 0 radical (unpaired) electrons. The van der Waals surface area contributed by atoms with E-state index in [1.54, 1.807) is 31.2 Å². The predicted molar refractivity (Wildman–Crippen MR) is 86.8 cm³/mol. The highest BCUT2D eigenvalue weighted by Crippen LogP contribution is 2.23. The van der Waals surface area contributed by atoms with Crippen LogP contribution in [0, 0.1) is 6.92 Å². The molecule has 0 spiro atoms. The number of cyclic esters (lactones) is 1. The van der Waals surface area contributed by atoms with Crippen LogP contribution in [0.1, 0.15) is 27.4 Å². The summed E-state index contributed by atoms with van der Waals surface area (Å²) in [5, 5.41) is 0.570. The molecule has 2 aromatic rings. The van der Waals surface area contributed by atoms with Gasteiger partial charge in [-0.1, -0.05) is 11.6 Å². The molecule has 0 saturated carbocycles. The molecule has 24 heavy (non-hydrogen) atoms. The largest absolute Gasteiger partial charge is 0.465 e. The van der Waals surface area contributed by atoms with E-state index in [2.05, 4.69) is 9.73 Å². The molecule has 0 amide bonds. The number of methoxy groups -OCH3 is 1. The van der Waals surface area contributed by atoms with Crippen molar-refractivity contribution in [3.8, 4) is 0 Å². The van der Waals surface area contributed by atoms with Crippen molar-refractivity contribution in [1.29, 1.82) is 0 Å². The number of rotatable bonds is 3. The van der Waals surface area contributed by atoms with Crippen molar-refractivity contribution in [3.63, 3.8) is 0 Å². The van der Waals surface area contributed by atoms with Crippen LogP contribution >= 0.6 is 11.6 Å². The molecule has 1 aliphatic heterocycles. The van der Waals surface area contributed by atoms with E-state index in [0.717, 1.165) is 0 Å². The maximum absolute atomic E-state index is 11.9. The van der Waals surface area contributed by atoms with Crippen molar-refractivity contribution in [2.24, 2.45) is 4.99 Å². The highest BCUT2D eigenvalue weighted by atomic mass is 35.5. The summed E-state index contributed by atoms with van der Waals surface area (Å²) >= 11 is 5.83. The molecule has 0 aliphatic carbocycles. The van der Waals surface area contributed by atoms with E-state index in [9.17, 15) is 9.59 Å². The Hall–Kier alpha value is -2.86. The minimum atomic E-state index is -0.603. The second-order valence-corrected chi connectivity index (χ2v) is 5.39. The van der Waals surface area contributed by atoms with Crippen molar-refractivity contribution in [1.82, 2.24) is 0 Å². The van der Waals surface area contributed by atoms with Crippen LogP contribution in [0.3, 0.4) is 0 Å². The summed E-state index contributed by atoms with van der Waals surface area (Å²) in [6.45, 7) is 1.63. The van der Waals surface area contributed by atoms with E-state index in [4.69, 9.17) is 20.8 Å². The zero-order valence-corrected chi connectivity index (χ0v) is 13.6. The van der Waals surface area contributed by atoms with Gasteiger partial charge in [0.15, 0.2) is 5.70 Å². The summed E-state index contributed by atoms with van der Waals surface area (Å²) in [6.07, 6.45) is 1.41. The summed E-state index contributed by atoms with van der Waals surface area (Å²) in [7, 11) is 1.28. The Morgan fingerprint density at radius 3 is 2.67 bits per heavy atom. The number of carbonyl (C=O) groups is 2. The van der Waals surface area contributed by atoms with Crippen LogP contribution in [0.15, 0.2) is 45.4 Å². The fraction of sp³-hybridized carbons (Fsp3) is 0.118. The number of carbonyl (C=O) groups excluding carboxylic acids is 2. The number of benzene rings is 1. The van der Waals surface area contributed by atoms with Crippen LogP contribution in [0.4, 0.5) is 0 Å². The highest BCUT2D eigenvalue weighted by molar-refractivity contribution is 6.30. The molecular formula is C17H12ClNO5. The van der Waals surface area contributed by atoms with Gasteiger partial charge in [-0.3, -0.25) is 0 Å². The van der Waals surface area contributed by atoms with Gasteiger partial charge < -0.3 is 13.9 Å². The number of ether oxygens (including phenoxy) is 2. The first-order valence-corrected chi connectivity index (χ1v) is 7.33. The first-order chi connectivity index (χ1) is 11.5. The zero-order chi connectivity index (χ0) is 17.3. The number of hydrogen-bond donors (Lipinski definition) is 0. The highest BCUT2D eigenvalue weighted by Gasteiger charge is 2.25. The molecule has 1 aromatic heterocycles. The third kappa shape index (κ3) is 3.09. The Morgan fingerprint density at radius 1 is 1.29 bits per heavy atom. The van der Waals surface area contributed by atoms with Crippen molar-refractivity contribution in [3.05, 3.63) is 63.7 Å². The SMILES string of the molecule is COC(=O)c1cc(C=C2N=C(c3ccc(Cl)cc3)OC2=O)oc1C. The standard InChI is InChI=1S/C17H12ClNO5/c1-9-13(16(20)22-2)7-12(23-9)8-14-17(21)24-15(19-14)10-3-5-11(18)6-4-10/h3-8H,1-2H3. The lowest BCUT2D eigenvalue weighted by atomic mass is 10.2. The van der Waals surface area contributed by atoms with Gasteiger partial charge in [-0.05, 0) is 37.3 Å². The maximum Gasteiger partial charge on any atom is 0.363 e. The number of furan rings is 1. The Balaban J connectivity index is 1.91. The van der Waals surface area contributed by atoms with Crippen molar-refractivity contribution in [2.45, 2.75) is 6.92 Å². The molecule has 1 aliphatic rings. The number of halogens is 1. The summed E-state index contributed by atoms with van der Waals surface area (Å²) in [4.78, 5) is 27.7. The van der Waals surface area contributed by atoms with Crippen LogP contribution < -0.4 is 0 Å². The second-order valence-electron chi connectivity index (χ2n) is 4.95. The zero-order valence-electron chi connectivity index (χ0n) is 12.8. The van der Waals surface area contributed by atoms with E-state index in [1.807, 2.05) is 0 Å². The molecule has 6 nitrogen and oxygen atoms in total. The van der Waals surface area contributed by atoms with Gasteiger partial charge in [0.2, 0.25) is 5.90 Å². The fourth-order valence-electron chi connectivity index (χ4n) is 2.15. The van der Waals surface area contributed by atoms with Gasteiger partial charge >= 0.3 is 11.9 Å². The smallest absolute Gasteiger partial charge is 0.363 e. The van der Waals surface area contributed by atoms with Crippen LogP contribution in [0.25, 0.3) is 6.08 Å². The maximum atomic E-state index is 11.9. The number of esters is 2. The van der Waals surface area contributed by atoms with Gasteiger partial charge in [0.1, 0.15) is 17.1 Å². The fourth-order valence-corrected chi connectivity index (χ4v) is 2.27. The average Bonchev–Trinajstić information content (AvgIpc) is 3.11. The monoisotopic (exact) mass is 345 g/mol. The molecule has 0 fully saturated rings. The number of hydrogen-bond acceptors (Lipinski definition) is 6. The summed E-state index contributed by atoms with van der Waals surface area (Å²) in [6, 6.07) is 8.23. The van der Waals surface area contributed by atoms with Crippen LogP contribution in [0.2, 0.25) is 5.02 Å². The molecular weight excluding hydrogens is 334 g/mol. The minimum absolute atomic E-state index is 0.0742. The van der Waals surface area contributed by atoms with Gasteiger partial charge in [-0.25, -0.2) is 14.6 Å². The normalized spacial score (nSPS) is 15.4. The van der Waals surface area contributed by atoms with E-state index < -0.39 is 11.9 Å². The molecule has 1 aromatic carbocycles. The quantitative estimate of drug-likeness (QED) is 0.629. The third-order valence-corrected chi connectivity index (χ3v) is 3.58. The van der Waals surface area contributed by atoms with Crippen molar-refractivity contribution in [2.75, 3.05) is 7.11 Å². The average molecular weight is 346 g/mol. The van der Waals surface area contributed by atoms with Gasteiger partial charge in [-0.2, -0.15) is 0 Å². The van der Waals surface area contributed by atoms with Crippen molar-refractivity contribution >= 4 is 35.5 Å². The lowest BCUT2D eigenvalue weighted by Crippen LogP contribution is -2.05. The molecule has 3 rings (SSSR count). The molecule has 0 saturated heterocycles. The minimum Gasteiger partial charge on any atom is -0.465 e. The summed E-state index contributed by atoms with van der Waals surface area (Å²) in [5.41, 5.74) is 0.991. The lowest BCUT2D eigenvalue weighted by Gasteiger charge is -1.98. The summed E-state index contributed by atoms with van der Waals surface area (Å²) in [5.74, 6) is -0.240. The van der Waals surface area contributed by atoms with Crippen LogP contribution in [0.5, 0.6) is 0 Å². The van der Waals surface area contributed by atoms with Gasteiger partial charge in [0.25, 0.3) is 0 Å². The van der Waals surface area contributed by atoms with Gasteiger partial charge in [-0.15, -0.1) is 0 Å². The molecule has 0 atom stereocenters. The molecule has 0 N–H and O–H groups in total. The first-order valence-electron chi connectivity index (χ1n) is 6.95. The van der Waals surface area contributed by atoms with Gasteiger partial charge in [0.05, 0.1) is 7.11 Å². The Kier molecular flexibility index (Phi) is 4.22. The van der Waals surface area contributed by atoms with Crippen LogP contribution in [-0.2, 0) is 14.3 Å². The van der Waals surface area contributed by atoms with Crippen LogP contribution in [-0.4, -0.2) is 24.9 Å². The first kappa shape index (κ1) is 16.0. The number of aryl methyl sites for hydroxylation is 1. The Morgan fingerprint density at radius 2 is 2.00 bits per heavy atom. The lowest BCUT2D eigenvalue weighted by molar-refractivity contribution is -0.129. The summed E-state index contributed by atoms with van der Waals surface area (Å²) < 4.78 is 15.2. The molecule has 0 bridgehead atoms. The topological polar surface area (TPSA) is 78.1 Å². The van der Waals surface area contributed by atoms with Crippen molar-refractivity contribution < 1.29 is 23.5 Å². The van der Waals surface area contributed by atoms with Gasteiger partial charge in [0, 0.05) is 16.7 Å².